The summed E-state index contributed by atoms with van der Waals surface area (Å²) in [6.07, 6.45) is 1.47. The van der Waals surface area contributed by atoms with E-state index in [1.807, 2.05) is 18.2 Å². The maximum Gasteiger partial charge on any atom is 0.181 e. The Bertz CT molecular complexity index is 948. The van der Waals surface area contributed by atoms with Crippen LogP contribution in [-0.4, -0.2) is 32.0 Å². The monoisotopic (exact) mass is 422 g/mol. The number of hydrogen-bond donors (Lipinski definition) is 2. The molecule has 1 aliphatic carbocycles. The zero-order chi connectivity index (χ0) is 19.0. The third-order valence-electron chi connectivity index (χ3n) is 5.05. The average Bonchev–Trinajstić information content (AvgIpc) is 3.10. The number of aliphatic hydroxyl groups is 1. The first-order chi connectivity index (χ1) is 13.0. The van der Waals surface area contributed by atoms with Gasteiger partial charge in [-0.05, 0) is 55.7 Å². The molecular formula is C20H21Cl2FN4O. The lowest BCUT2D eigenvalue weighted by Crippen LogP contribution is -2.40. The molecule has 1 aliphatic rings. The minimum atomic E-state index is -0.575. The predicted octanol–water partition coefficient (Wildman–Crippen LogP) is 4.10. The minimum absolute atomic E-state index is 0. The smallest absolute Gasteiger partial charge is 0.181 e. The molecule has 1 aromatic heterocycles. The molecule has 1 heterocycles. The van der Waals surface area contributed by atoms with Crippen molar-refractivity contribution in [3.8, 4) is 17.1 Å². The number of para-hydroxylation sites is 1. The number of aliphatic hydroxyl groups excluding tert-OH is 1. The fraction of sp³-hybridized carbons (Fsp3) is 0.300. The summed E-state index contributed by atoms with van der Waals surface area (Å²) in [5, 5.41) is 15.4. The normalized spacial score (nSPS) is 21.9. The summed E-state index contributed by atoms with van der Waals surface area (Å²) < 4.78 is 15.0. The van der Waals surface area contributed by atoms with Crippen LogP contribution in [0.15, 0.2) is 48.5 Å². The van der Waals surface area contributed by atoms with E-state index in [1.165, 1.54) is 12.1 Å². The fourth-order valence-electron chi connectivity index (χ4n) is 3.52. The van der Waals surface area contributed by atoms with Crippen LogP contribution in [0.2, 0.25) is 5.02 Å². The Morgan fingerprint density at radius 1 is 1.11 bits per heavy atom. The maximum atomic E-state index is 13.3. The molecule has 0 amide bonds. The number of nitrogens with two attached hydrogens (primary N) is 1. The van der Waals surface area contributed by atoms with Crippen LogP contribution in [0.4, 0.5) is 4.39 Å². The second-order valence-corrected chi connectivity index (χ2v) is 7.31. The van der Waals surface area contributed by atoms with Crippen LogP contribution < -0.4 is 5.73 Å². The summed E-state index contributed by atoms with van der Waals surface area (Å²) in [6.45, 7) is 0. The van der Waals surface area contributed by atoms with Crippen LogP contribution in [0.3, 0.4) is 0 Å². The van der Waals surface area contributed by atoms with Gasteiger partial charge in [-0.1, -0.05) is 23.7 Å². The third kappa shape index (κ3) is 4.05. The van der Waals surface area contributed by atoms with E-state index < -0.39 is 6.10 Å². The molecule has 1 saturated carbocycles. The van der Waals surface area contributed by atoms with Gasteiger partial charge in [0.15, 0.2) is 5.82 Å². The minimum Gasteiger partial charge on any atom is -0.391 e. The topological polar surface area (TPSA) is 77.0 Å². The fourth-order valence-corrected chi connectivity index (χ4v) is 3.73. The number of aromatic nitrogens is 3. The van der Waals surface area contributed by atoms with Gasteiger partial charge in [0.1, 0.15) is 11.6 Å². The van der Waals surface area contributed by atoms with Gasteiger partial charge in [0.05, 0.1) is 16.8 Å². The van der Waals surface area contributed by atoms with E-state index >= 15 is 0 Å². The highest BCUT2D eigenvalue weighted by Crippen LogP contribution is 2.35. The number of halogens is 3. The molecule has 0 spiro atoms. The van der Waals surface area contributed by atoms with E-state index in [1.54, 1.807) is 22.9 Å². The molecular weight excluding hydrogens is 402 g/mol. The SMILES string of the molecule is Cl.N[C@@H]1CC[C@H](c2nc(-c3ccc(F)cc3)nn2-c2ccccc2Cl)C[C@H]1O. The van der Waals surface area contributed by atoms with E-state index in [4.69, 9.17) is 22.3 Å². The molecule has 4 rings (SSSR count). The van der Waals surface area contributed by atoms with Crippen molar-refractivity contribution in [2.24, 2.45) is 5.73 Å². The first-order valence-electron chi connectivity index (χ1n) is 8.94. The van der Waals surface area contributed by atoms with Gasteiger partial charge >= 0.3 is 0 Å². The highest BCUT2D eigenvalue weighted by molar-refractivity contribution is 6.32. The lowest BCUT2D eigenvalue weighted by Gasteiger charge is -2.30. The van der Waals surface area contributed by atoms with Crippen molar-refractivity contribution in [2.75, 3.05) is 0 Å². The first-order valence-corrected chi connectivity index (χ1v) is 9.32. The molecule has 5 nitrogen and oxygen atoms in total. The molecule has 8 heteroatoms. The van der Waals surface area contributed by atoms with Crippen LogP contribution in [0.5, 0.6) is 0 Å². The quantitative estimate of drug-likeness (QED) is 0.665. The lowest BCUT2D eigenvalue weighted by atomic mass is 9.84. The van der Waals surface area contributed by atoms with E-state index in [0.717, 1.165) is 23.5 Å². The number of benzene rings is 2. The van der Waals surface area contributed by atoms with E-state index in [2.05, 4.69) is 5.10 Å². The Morgan fingerprint density at radius 3 is 2.50 bits per heavy atom. The van der Waals surface area contributed by atoms with Gasteiger partial charge in [0.2, 0.25) is 0 Å². The third-order valence-corrected chi connectivity index (χ3v) is 5.37. The highest BCUT2D eigenvalue weighted by Gasteiger charge is 2.31. The summed E-state index contributed by atoms with van der Waals surface area (Å²) >= 11 is 6.39. The Hall–Kier alpha value is -1.99. The maximum absolute atomic E-state index is 13.3. The van der Waals surface area contributed by atoms with Gasteiger partial charge in [0.25, 0.3) is 0 Å². The molecule has 148 valence electrons. The number of rotatable bonds is 3. The van der Waals surface area contributed by atoms with Crippen molar-refractivity contribution < 1.29 is 9.50 Å². The van der Waals surface area contributed by atoms with Crippen molar-refractivity contribution in [2.45, 2.75) is 37.3 Å². The summed E-state index contributed by atoms with van der Waals surface area (Å²) in [4.78, 5) is 4.73. The summed E-state index contributed by atoms with van der Waals surface area (Å²) in [6, 6.07) is 13.3. The van der Waals surface area contributed by atoms with Crippen molar-refractivity contribution in [1.29, 1.82) is 0 Å². The zero-order valence-electron chi connectivity index (χ0n) is 15.0. The Balaban J connectivity index is 0.00000225. The molecule has 0 bridgehead atoms. The summed E-state index contributed by atoms with van der Waals surface area (Å²) in [5.74, 6) is 0.925. The van der Waals surface area contributed by atoms with Crippen LogP contribution in [0.25, 0.3) is 17.1 Å². The molecule has 0 saturated heterocycles. The molecule has 1 fully saturated rings. The molecule has 28 heavy (non-hydrogen) atoms. The molecule has 0 unspecified atom stereocenters. The summed E-state index contributed by atoms with van der Waals surface area (Å²) in [7, 11) is 0. The first kappa shape index (κ1) is 20.7. The van der Waals surface area contributed by atoms with Crippen LogP contribution >= 0.6 is 24.0 Å². The second-order valence-electron chi connectivity index (χ2n) is 6.90. The van der Waals surface area contributed by atoms with Gasteiger partial charge < -0.3 is 10.8 Å². The standard InChI is InChI=1S/C20H20ClFN4O.ClH/c21-15-3-1-2-4-17(15)26-20(13-7-10-16(23)18(27)11-13)24-19(25-26)12-5-8-14(22)9-6-12;/h1-6,8-9,13,16,18,27H,7,10-11,23H2;1H/t13-,16+,18+;/m0./s1. The van der Waals surface area contributed by atoms with Crippen molar-refractivity contribution in [1.82, 2.24) is 14.8 Å². The molecule has 3 atom stereocenters. The van der Waals surface area contributed by atoms with Gasteiger partial charge in [-0.2, -0.15) is 0 Å². The molecule has 3 N–H and O–H groups in total. The Labute approximate surface area is 173 Å². The largest absolute Gasteiger partial charge is 0.391 e. The van der Waals surface area contributed by atoms with Crippen molar-refractivity contribution >= 4 is 24.0 Å². The number of nitrogens with zero attached hydrogens (tertiary/aromatic N) is 3. The van der Waals surface area contributed by atoms with Crippen LogP contribution in [0, 0.1) is 5.82 Å². The predicted molar refractivity (Wildman–Crippen MR) is 110 cm³/mol. The number of hydrogen-bond acceptors (Lipinski definition) is 4. The second kappa shape index (κ2) is 8.57. The summed E-state index contributed by atoms with van der Waals surface area (Å²) in [5.41, 5.74) is 7.39. The van der Waals surface area contributed by atoms with Gasteiger partial charge in [-0.15, -0.1) is 17.5 Å². The van der Waals surface area contributed by atoms with Crippen LogP contribution in [0.1, 0.15) is 31.0 Å². The zero-order valence-corrected chi connectivity index (χ0v) is 16.6. The van der Waals surface area contributed by atoms with Gasteiger partial charge in [-0.25, -0.2) is 14.1 Å². The molecule has 0 radical (unpaired) electrons. The average molecular weight is 423 g/mol. The van der Waals surface area contributed by atoms with Crippen LogP contribution in [-0.2, 0) is 0 Å². The van der Waals surface area contributed by atoms with E-state index in [0.29, 0.717) is 23.7 Å². The lowest BCUT2D eigenvalue weighted by molar-refractivity contribution is 0.0961. The molecule has 0 aliphatic heterocycles. The van der Waals surface area contributed by atoms with Gasteiger partial charge in [0, 0.05) is 17.5 Å². The molecule has 2 aromatic carbocycles. The van der Waals surface area contributed by atoms with Gasteiger partial charge in [-0.3, -0.25) is 0 Å². The highest BCUT2D eigenvalue weighted by atomic mass is 35.5. The van der Waals surface area contributed by atoms with Crippen molar-refractivity contribution in [3.63, 3.8) is 0 Å². The Morgan fingerprint density at radius 2 is 1.82 bits per heavy atom. The van der Waals surface area contributed by atoms with E-state index in [9.17, 15) is 9.50 Å². The van der Waals surface area contributed by atoms with E-state index in [-0.39, 0.29) is 30.2 Å². The van der Waals surface area contributed by atoms with Crippen molar-refractivity contribution in [3.05, 3.63) is 65.2 Å². The Kier molecular flexibility index (Phi) is 6.35. The molecule has 3 aromatic rings.